The molecule has 1 unspecified atom stereocenters. The minimum absolute atomic E-state index is 0. The molecule has 0 N–H and O–H groups in total. The first-order valence-electron chi connectivity index (χ1n) is 3.91. The quantitative estimate of drug-likeness (QED) is 0.410. The van der Waals surface area contributed by atoms with Crippen LogP contribution in [0.1, 0.15) is 6.42 Å². The molecule has 0 radical (unpaired) electrons. The van der Waals surface area contributed by atoms with Crippen LogP contribution in [0.3, 0.4) is 0 Å². The van der Waals surface area contributed by atoms with Gasteiger partial charge in [-0.05, 0) is 12.3 Å². The van der Waals surface area contributed by atoms with Crippen molar-refractivity contribution >= 4 is 13.4 Å². The van der Waals surface area contributed by atoms with Crippen LogP contribution in [-0.4, -0.2) is 31.4 Å². The first kappa shape index (κ1) is 14.0. The van der Waals surface area contributed by atoms with E-state index in [1.165, 1.54) is 4.90 Å². The average molecular weight is 219 g/mol. The van der Waals surface area contributed by atoms with Gasteiger partial charge in [0.05, 0.1) is 0 Å². The van der Waals surface area contributed by atoms with Gasteiger partial charge in [-0.1, -0.05) is 6.32 Å². The van der Waals surface area contributed by atoms with Crippen LogP contribution >= 0.6 is 0 Å². The molecule has 13 heavy (non-hydrogen) atoms. The Morgan fingerprint density at radius 1 is 1.46 bits per heavy atom. The molecular weight excluding hydrogens is 209 g/mol. The molecule has 0 aliphatic carbocycles. The SMILES string of the molecule is O=CN1CCC(C[B-](F)(F)F)C1.[K+]. The molecule has 1 rings (SSSR count). The molecule has 1 heterocycles. The van der Waals surface area contributed by atoms with E-state index in [9.17, 15) is 17.7 Å². The summed E-state index contributed by atoms with van der Waals surface area (Å²) in [6.45, 7) is -3.94. The van der Waals surface area contributed by atoms with Crippen LogP contribution in [0.15, 0.2) is 0 Å². The van der Waals surface area contributed by atoms with Crippen molar-refractivity contribution in [3.05, 3.63) is 0 Å². The standard InChI is InChI=1S/C6H10BF3NO.K/c8-7(9,10)3-6-1-2-11(4-6)5-12;/h5-6H,1-4H2;/q-1;+1. The zero-order valence-corrected chi connectivity index (χ0v) is 10.7. The number of halogens is 3. The number of rotatable bonds is 3. The molecule has 2 nitrogen and oxygen atoms in total. The number of likely N-dealkylation sites (tertiary alicyclic amines) is 1. The van der Waals surface area contributed by atoms with Gasteiger partial charge in [-0.15, -0.1) is 0 Å². The molecular formula is C6H10BF3KNO. The summed E-state index contributed by atoms with van der Waals surface area (Å²) in [6.07, 6.45) is 0.397. The average Bonchev–Trinajstić information content (AvgIpc) is 2.32. The third kappa shape index (κ3) is 5.41. The maximum Gasteiger partial charge on any atom is 1.00 e. The van der Waals surface area contributed by atoms with Gasteiger partial charge in [0, 0.05) is 13.1 Å². The Kier molecular flexibility index (Phi) is 6.17. The van der Waals surface area contributed by atoms with Crippen LogP contribution in [0.5, 0.6) is 0 Å². The molecule has 0 aromatic rings. The van der Waals surface area contributed by atoms with E-state index >= 15 is 0 Å². The predicted molar refractivity (Wildman–Crippen MR) is 39.6 cm³/mol. The molecule has 1 atom stereocenters. The van der Waals surface area contributed by atoms with Crippen molar-refractivity contribution < 1.29 is 69.1 Å². The van der Waals surface area contributed by atoms with Gasteiger partial charge in [-0.25, -0.2) is 0 Å². The Hall–Kier alpha value is 0.961. The maximum atomic E-state index is 11.9. The Labute approximate surface area is 118 Å². The fraction of sp³-hybridized carbons (Fsp3) is 0.833. The first-order valence-corrected chi connectivity index (χ1v) is 3.91. The summed E-state index contributed by atoms with van der Waals surface area (Å²) in [5, 5.41) is 0. The van der Waals surface area contributed by atoms with E-state index in [-0.39, 0.29) is 63.8 Å². The van der Waals surface area contributed by atoms with E-state index in [1.807, 2.05) is 0 Å². The van der Waals surface area contributed by atoms with Gasteiger partial charge in [0.2, 0.25) is 6.41 Å². The number of hydrogen-bond acceptors (Lipinski definition) is 1. The normalized spacial score (nSPS) is 22.7. The minimum Gasteiger partial charge on any atom is -0.449 e. The number of nitrogens with zero attached hydrogens (tertiary/aromatic N) is 1. The second-order valence-electron chi connectivity index (χ2n) is 3.20. The zero-order chi connectivity index (χ0) is 9.19. The van der Waals surface area contributed by atoms with Crippen LogP contribution in [0.25, 0.3) is 0 Å². The van der Waals surface area contributed by atoms with Gasteiger partial charge in [-0.3, -0.25) is 4.79 Å². The summed E-state index contributed by atoms with van der Waals surface area (Å²) in [5.74, 6) is -0.366. The van der Waals surface area contributed by atoms with E-state index in [0.717, 1.165) is 0 Å². The van der Waals surface area contributed by atoms with Crippen molar-refractivity contribution in [1.82, 2.24) is 4.90 Å². The van der Waals surface area contributed by atoms with Crippen LogP contribution in [0.4, 0.5) is 12.9 Å². The van der Waals surface area contributed by atoms with Crippen LogP contribution in [0.2, 0.25) is 6.32 Å². The monoisotopic (exact) mass is 219 g/mol. The topological polar surface area (TPSA) is 20.3 Å². The van der Waals surface area contributed by atoms with Crippen molar-refractivity contribution in [3.8, 4) is 0 Å². The molecule has 1 aliphatic heterocycles. The first-order chi connectivity index (χ1) is 5.51. The number of carbonyl (C=O) groups is 1. The van der Waals surface area contributed by atoms with Crippen molar-refractivity contribution in [3.63, 3.8) is 0 Å². The Morgan fingerprint density at radius 2 is 2.08 bits per heavy atom. The van der Waals surface area contributed by atoms with Crippen LogP contribution < -0.4 is 51.4 Å². The molecule has 0 aromatic heterocycles. The fourth-order valence-corrected chi connectivity index (χ4v) is 1.53. The van der Waals surface area contributed by atoms with Crippen LogP contribution in [0, 0.1) is 5.92 Å². The van der Waals surface area contributed by atoms with Gasteiger partial charge < -0.3 is 17.8 Å². The smallest absolute Gasteiger partial charge is 0.449 e. The largest absolute Gasteiger partial charge is 1.00 e. The van der Waals surface area contributed by atoms with Crippen LogP contribution in [-0.2, 0) is 4.79 Å². The molecule has 1 aliphatic rings. The summed E-state index contributed by atoms with van der Waals surface area (Å²) in [6, 6.07) is 0. The van der Waals surface area contributed by atoms with E-state index in [4.69, 9.17) is 0 Å². The van der Waals surface area contributed by atoms with Gasteiger partial charge >= 0.3 is 58.4 Å². The Balaban J connectivity index is 0.00000144. The van der Waals surface area contributed by atoms with Gasteiger partial charge in [0.15, 0.2) is 0 Å². The second kappa shape index (κ2) is 5.75. The van der Waals surface area contributed by atoms with E-state index in [2.05, 4.69) is 0 Å². The summed E-state index contributed by atoms with van der Waals surface area (Å²) in [5.41, 5.74) is 0. The van der Waals surface area contributed by atoms with Gasteiger partial charge in [0.25, 0.3) is 0 Å². The number of amides is 1. The summed E-state index contributed by atoms with van der Waals surface area (Å²) < 4.78 is 35.7. The van der Waals surface area contributed by atoms with E-state index in [0.29, 0.717) is 19.4 Å². The predicted octanol–water partition coefficient (Wildman–Crippen LogP) is -1.68. The molecule has 0 aromatic carbocycles. The fourth-order valence-electron chi connectivity index (χ4n) is 1.53. The molecule has 1 amide bonds. The maximum absolute atomic E-state index is 11.9. The molecule has 70 valence electrons. The third-order valence-electron chi connectivity index (χ3n) is 2.07. The number of carbonyl (C=O) groups excluding carboxylic acids is 1. The van der Waals surface area contributed by atoms with Crippen molar-refractivity contribution in [2.24, 2.45) is 5.92 Å². The molecule has 1 fully saturated rings. The Morgan fingerprint density at radius 3 is 2.46 bits per heavy atom. The molecule has 0 bridgehead atoms. The molecule has 0 spiro atoms. The summed E-state index contributed by atoms with van der Waals surface area (Å²) in [7, 11) is 0. The van der Waals surface area contributed by atoms with Crippen molar-refractivity contribution in [2.75, 3.05) is 13.1 Å². The molecule has 1 saturated heterocycles. The summed E-state index contributed by atoms with van der Waals surface area (Å²) >= 11 is 0. The van der Waals surface area contributed by atoms with Gasteiger partial charge in [0.1, 0.15) is 0 Å². The Bertz CT molecular complexity index is 178. The molecule has 0 saturated carbocycles. The second-order valence-corrected chi connectivity index (χ2v) is 3.20. The molecule has 7 heteroatoms. The third-order valence-corrected chi connectivity index (χ3v) is 2.07. The van der Waals surface area contributed by atoms with Crippen molar-refractivity contribution in [2.45, 2.75) is 12.7 Å². The van der Waals surface area contributed by atoms with E-state index < -0.39 is 13.3 Å². The van der Waals surface area contributed by atoms with Gasteiger partial charge in [-0.2, -0.15) is 0 Å². The van der Waals surface area contributed by atoms with Crippen molar-refractivity contribution in [1.29, 1.82) is 0 Å². The zero-order valence-electron chi connectivity index (χ0n) is 7.55. The summed E-state index contributed by atoms with van der Waals surface area (Å²) in [4.78, 5) is 11.6. The minimum atomic E-state index is -4.68. The number of hydrogen-bond donors (Lipinski definition) is 0. The van der Waals surface area contributed by atoms with E-state index in [1.54, 1.807) is 0 Å².